The van der Waals surface area contributed by atoms with Crippen LogP contribution in [0.15, 0.2) is 52.7 Å². The lowest BCUT2D eigenvalue weighted by Crippen LogP contribution is -2.04. The Balaban J connectivity index is 2.40. The fourth-order valence-electron chi connectivity index (χ4n) is 1.63. The maximum Gasteiger partial charge on any atom is 0.418 e. The van der Waals surface area contributed by atoms with E-state index in [2.05, 4.69) is 10.2 Å². The summed E-state index contributed by atoms with van der Waals surface area (Å²) in [5, 5.41) is 17.0. The number of aromatic hydroxyl groups is 1. The highest BCUT2D eigenvalue weighted by Crippen LogP contribution is 2.37. The molecular weight excluding hydrogens is 269 g/mol. The van der Waals surface area contributed by atoms with Gasteiger partial charge in [0.2, 0.25) is 0 Å². The number of nitrogens with zero attached hydrogens (tertiary/aromatic N) is 2. The lowest BCUT2D eigenvalue weighted by atomic mass is 10.2. The van der Waals surface area contributed by atoms with Gasteiger partial charge in [0.15, 0.2) is 0 Å². The molecule has 0 atom stereocenters. The quantitative estimate of drug-likeness (QED) is 0.761. The molecule has 104 valence electrons. The van der Waals surface area contributed by atoms with Gasteiger partial charge in [-0.15, -0.1) is 10.2 Å². The van der Waals surface area contributed by atoms with E-state index in [0.717, 1.165) is 6.07 Å². The number of hydrogen-bond acceptors (Lipinski definition) is 3. The first-order valence-electron chi connectivity index (χ1n) is 5.76. The molecule has 0 saturated heterocycles. The van der Waals surface area contributed by atoms with Gasteiger partial charge in [0.25, 0.3) is 0 Å². The number of phenols is 1. The molecule has 0 fully saturated rings. The Hall–Kier alpha value is -2.37. The summed E-state index contributed by atoms with van der Waals surface area (Å²) in [6, 6.07) is 9.66. The first-order chi connectivity index (χ1) is 9.39. The molecular formula is C14H11F3N2O. The van der Waals surface area contributed by atoms with E-state index in [1.165, 1.54) is 24.3 Å². The smallest absolute Gasteiger partial charge is 0.418 e. The average Bonchev–Trinajstić information content (AvgIpc) is 2.40. The Morgan fingerprint density at radius 2 is 1.50 bits per heavy atom. The zero-order chi connectivity index (χ0) is 14.8. The first-order valence-corrected chi connectivity index (χ1v) is 5.76. The molecule has 2 aromatic rings. The molecule has 0 bridgehead atoms. The average molecular weight is 280 g/mol. The molecule has 0 aromatic heterocycles. The van der Waals surface area contributed by atoms with Crippen LogP contribution in [0.2, 0.25) is 0 Å². The molecule has 0 saturated carbocycles. The van der Waals surface area contributed by atoms with Crippen LogP contribution in [0, 0.1) is 6.92 Å². The normalized spacial score (nSPS) is 12.0. The van der Waals surface area contributed by atoms with Gasteiger partial charge in [-0.3, -0.25) is 0 Å². The van der Waals surface area contributed by atoms with E-state index in [1.54, 1.807) is 19.1 Å². The number of phenolic OH excluding ortho intramolecular Hbond substituents is 1. The molecule has 0 aliphatic carbocycles. The second kappa shape index (κ2) is 5.32. The van der Waals surface area contributed by atoms with Gasteiger partial charge in [0.05, 0.1) is 11.3 Å². The first kappa shape index (κ1) is 14.0. The van der Waals surface area contributed by atoms with Crippen LogP contribution in [0.1, 0.15) is 11.1 Å². The van der Waals surface area contributed by atoms with E-state index in [-0.39, 0.29) is 17.1 Å². The van der Waals surface area contributed by atoms with Gasteiger partial charge in [-0.2, -0.15) is 13.2 Å². The van der Waals surface area contributed by atoms with Gasteiger partial charge in [-0.05, 0) is 30.7 Å². The van der Waals surface area contributed by atoms with Crippen molar-refractivity contribution in [2.75, 3.05) is 0 Å². The Morgan fingerprint density at radius 3 is 2.20 bits per heavy atom. The molecule has 0 aliphatic rings. The molecule has 2 aromatic carbocycles. The summed E-state index contributed by atoms with van der Waals surface area (Å²) >= 11 is 0. The van der Waals surface area contributed by atoms with Crippen molar-refractivity contribution < 1.29 is 18.3 Å². The SMILES string of the molecule is Cc1cccc(N=Nc2ccccc2C(F)(F)F)c1O. The van der Waals surface area contributed by atoms with E-state index in [1.807, 2.05) is 0 Å². The van der Waals surface area contributed by atoms with Crippen LogP contribution < -0.4 is 0 Å². The Kier molecular flexibility index (Phi) is 3.74. The monoisotopic (exact) mass is 280 g/mol. The van der Waals surface area contributed by atoms with Crippen LogP contribution in [0.4, 0.5) is 24.5 Å². The molecule has 1 N–H and O–H groups in total. The van der Waals surface area contributed by atoms with Gasteiger partial charge in [-0.1, -0.05) is 24.3 Å². The Bertz CT molecular complexity index is 651. The molecule has 20 heavy (non-hydrogen) atoms. The fourth-order valence-corrected chi connectivity index (χ4v) is 1.63. The van der Waals surface area contributed by atoms with E-state index < -0.39 is 11.7 Å². The van der Waals surface area contributed by atoms with Crippen molar-refractivity contribution in [2.45, 2.75) is 13.1 Å². The molecule has 6 heteroatoms. The zero-order valence-corrected chi connectivity index (χ0v) is 10.5. The molecule has 0 spiro atoms. The predicted octanol–water partition coefficient (Wildman–Crippen LogP) is 5.13. The second-order valence-electron chi connectivity index (χ2n) is 4.16. The van der Waals surface area contributed by atoms with Crippen LogP contribution in [-0.2, 0) is 6.18 Å². The van der Waals surface area contributed by atoms with Crippen LogP contribution in [0.3, 0.4) is 0 Å². The number of alkyl halides is 3. The van der Waals surface area contributed by atoms with Crippen LogP contribution >= 0.6 is 0 Å². The lowest BCUT2D eigenvalue weighted by Gasteiger charge is -2.08. The number of hydrogen-bond donors (Lipinski definition) is 1. The van der Waals surface area contributed by atoms with E-state index in [0.29, 0.717) is 5.56 Å². The van der Waals surface area contributed by atoms with Crippen LogP contribution in [-0.4, -0.2) is 5.11 Å². The minimum Gasteiger partial charge on any atom is -0.505 e. The maximum absolute atomic E-state index is 12.8. The summed E-state index contributed by atoms with van der Waals surface area (Å²) in [5.74, 6) is -0.0965. The topological polar surface area (TPSA) is 45.0 Å². The summed E-state index contributed by atoms with van der Waals surface area (Å²) in [6.45, 7) is 1.66. The molecule has 0 radical (unpaired) electrons. The van der Waals surface area contributed by atoms with Crippen molar-refractivity contribution in [3.63, 3.8) is 0 Å². The number of rotatable bonds is 2. The molecule has 0 unspecified atom stereocenters. The number of aryl methyl sites for hydroxylation is 1. The zero-order valence-electron chi connectivity index (χ0n) is 10.5. The number of para-hydroxylation sites is 1. The van der Waals surface area contributed by atoms with E-state index in [9.17, 15) is 18.3 Å². The van der Waals surface area contributed by atoms with Crippen molar-refractivity contribution in [3.05, 3.63) is 53.6 Å². The summed E-state index contributed by atoms with van der Waals surface area (Å²) < 4.78 is 38.3. The standard InChI is InChI=1S/C14H11F3N2O/c1-9-5-4-8-12(13(9)20)19-18-11-7-3-2-6-10(11)14(15,16)17/h2-8,20H,1H3. The largest absolute Gasteiger partial charge is 0.505 e. The van der Waals surface area contributed by atoms with Crippen molar-refractivity contribution in [1.82, 2.24) is 0 Å². The highest BCUT2D eigenvalue weighted by Gasteiger charge is 2.33. The predicted molar refractivity (Wildman–Crippen MR) is 68.5 cm³/mol. The van der Waals surface area contributed by atoms with Crippen molar-refractivity contribution in [3.8, 4) is 5.75 Å². The van der Waals surface area contributed by atoms with Gasteiger partial charge in [-0.25, -0.2) is 0 Å². The lowest BCUT2D eigenvalue weighted by molar-refractivity contribution is -0.137. The third-order valence-electron chi connectivity index (χ3n) is 2.69. The van der Waals surface area contributed by atoms with Crippen molar-refractivity contribution >= 4 is 11.4 Å². The highest BCUT2D eigenvalue weighted by atomic mass is 19.4. The fraction of sp³-hybridized carbons (Fsp3) is 0.143. The molecule has 2 rings (SSSR count). The van der Waals surface area contributed by atoms with Crippen LogP contribution in [0.25, 0.3) is 0 Å². The molecule has 0 aliphatic heterocycles. The van der Waals surface area contributed by atoms with Crippen molar-refractivity contribution in [1.29, 1.82) is 0 Å². The highest BCUT2D eigenvalue weighted by molar-refractivity contribution is 5.55. The molecule has 3 nitrogen and oxygen atoms in total. The summed E-state index contributed by atoms with van der Waals surface area (Å²) in [5.41, 5.74) is -0.454. The molecule has 0 heterocycles. The number of halogens is 3. The van der Waals surface area contributed by atoms with Gasteiger partial charge in [0.1, 0.15) is 11.4 Å². The third-order valence-corrected chi connectivity index (χ3v) is 2.69. The minimum absolute atomic E-state index is 0.0965. The van der Waals surface area contributed by atoms with Crippen LogP contribution in [0.5, 0.6) is 5.75 Å². The maximum atomic E-state index is 12.8. The summed E-state index contributed by atoms with van der Waals surface area (Å²) in [7, 11) is 0. The minimum atomic E-state index is -4.50. The molecule has 0 amide bonds. The number of benzene rings is 2. The summed E-state index contributed by atoms with van der Waals surface area (Å²) in [6.07, 6.45) is -4.50. The van der Waals surface area contributed by atoms with Gasteiger partial charge >= 0.3 is 6.18 Å². The van der Waals surface area contributed by atoms with E-state index >= 15 is 0 Å². The second-order valence-corrected chi connectivity index (χ2v) is 4.16. The Morgan fingerprint density at radius 1 is 0.900 bits per heavy atom. The van der Waals surface area contributed by atoms with E-state index in [4.69, 9.17) is 0 Å². The van der Waals surface area contributed by atoms with Gasteiger partial charge < -0.3 is 5.11 Å². The summed E-state index contributed by atoms with van der Waals surface area (Å²) in [4.78, 5) is 0. The number of azo groups is 1. The van der Waals surface area contributed by atoms with Gasteiger partial charge in [0, 0.05) is 0 Å². The Labute approximate surface area is 113 Å². The third kappa shape index (κ3) is 2.96. The van der Waals surface area contributed by atoms with Crippen molar-refractivity contribution in [2.24, 2.45) is 10.2 Å².